The van der Waals surface area contributed by atoms with Gasteiger partial charge in [0.1, 0.15) is 23.8 Å². The number of hydrogen-bond donors (Lipinski definition) is 5. The molecule has 1 saturated heterocycles. The smallest absolute Gasteiger partial charge is 0.272 e. The van der Waals surface area contributed by atoms with E-state index in [-0.39, 0.29) is 41.3 Å². The highest BCUT2D eigenvalue weighted by molar-refractivity contribution is 5.98. The number of fused-ring (bicyclic) bond motifs is 1. The lowest BCUT2D eigenvalue weighted by atomic mass is 9.82. The molecule has 3 aliphatic carbocycles. The number of aliphatic hydroxyl groups is 1. The third-order valence-electron chi connectivity index (χ3n) is 10.8. The van der Waals surface area contributed by atoms with E-state index in [1.807, 2.05) is 27.7 Å². The average Bonchev–Trinajstić information content (AvgIpc) is 3.65. The summed E-state index contributed by atoms with van der Waals surface area (Å²) < 4.78 is 0. The van der Waals surface area contributed by atoms with Gasteiger partial charge in [0.15, 0.2) is 6.10 Å². The van der Waals surface area contributed by atoms with Crippen LogP contribution in [0.4, 0.5) is 0 Å². The van der Waals surface area contributed by atoms with E-state index in [0.717, 1.165) is 64.2 Å². The van der Waals surface area contributed by atoms with Crippen molar-refractivity contribution in [3.63, 3.8) is 0 Å². The van der Waals surface area contributed by atoms with E-state index in [9.17, 15) is 29.1 Å². The molecule has 1 aromatic rings. The Balaban J connectivity index is 1.35. The van der Waals surface area contributed by atoms with Gasteiger partial charge >= 0.3 is 0 Å². The Bertz CT molecular complexity index is 1340. The van der Waals surface area contributed by atoms with Gasteiger partial charge in [0, 0.05) is 25.0 Å². The second kappa shape index (κ2) is 15.9. The van der Waals surface area contributed by atoms with Crippen molar-refractivity contribution in [3.05, 3.63) is 24.3 Å². The van der Waals surface area contributed by atoms with Crippen LogP contribution in [0.1, 0.15) is 115 Å². The standard InChI is InChI=1S/C36H55N7O6/c1-5-10-25(29(44)34(48)39-23-15-16-23)40-33(47)28-24-14-9-13-22(24)20-43(28)35(49)30(36(2,3)4)42-32(46)27(21-11-7-6-8-12-21)41-31(45)26-19-37-17-18-38-26/h17-19,21-25,27-30,44H,5-16,20H2,1-4H3,(H,39,48)(H,40,47)(H,41,45)(H,42,46)/t22-,24-,25+,27-,28-,29-,30+/m0/s1. The zero-order valence-corrected chi connectivity index (χ0v) is 29.5. The number of nitrogens with zero attached hydrogens (tertiary/aromatic N) is 3. The van der Waals surface area contributed by atoms with Crippen LogP contribution in [-0.2, 0) is 19.2 Å². The molecule has 7 atom stereocenters. The zero-order chi connectivity index (χ0) is 35.3. The molecule has 0 spiro atoms. The molecule has 3 saturated carbocycles. The van der Waals surface area contributed by atoms with Gasteiger partial charge in [-0.1, -0.05) is 59.8 Å². The molecule has 0 radical (unpaired) electrons. The molecule has 13 nitrogen and oxygen atoms in total. The summed E-state index contributed by atoms with van der Waals surface area (Å²) in [7, 11) is 0. The lowest BCUT2D eigenvalue weighted by Crippen LogP contribution is -2.62. The predicted octanol–water partition coefficient (Wildman–Crippen LogP) is 2.24. The first-order valence-corrected chi connectivity index (χ1v) is 18.4. The van der Waals surface area contributed by atoms with E-state index < -0.39 is 53.4 Å². The first-order chi connectivity index (χ1) is 23.4. The normalized spacial score (nSPS) is 25.0. The fourth-order valence-corrected chi connectivity index (χ4v) is 8.00. The van der Waals surface area contributed by atoms with E-state index in [1.165, 1.54) is 18.6 Å². The summed E-state index contributed by atoms with van der Waals surface area (Å²) in [5.41, 5.74) is -0.618. The summed E-state index contributed by atoms with van der Waals surface area (Å²) in [4.78, 5) is 78.5. The Kier molecular flexibility index (Phi) is 11.9. The van der Waals surface area contributed by atoms with Crippen molar-refractivity contribution >= 4 is 29.5 Å². The number of amides is 5. The van der Waals surface area contributed by atoms with Crippen molar-refractivity contribution < 1.29 is 29.1 Å². The number of carbonyl (C=O) groups excluding carboxylic acids is 5. The van der Waals surface area contributed by atoms with Gasteiger partial charge in [-0.05, 0) is 68.1 Å². The predicted molar refractivity (Wildman–Crippen MR) is 182 cm³/mol. The molecule has 270 valence electrons. The summed E-state index contributed by atoms with van der Waals surface area (Å²) >= 11 is 0. The summed E-state index contributed by atoms with van der Waals surface area (Å²) in [6, 6.07) is -3.35. The molecule has 4 aliphatic rings. The maximum absolute atomic E-state index is 14.6. The molecular weight excluding hydrogens is 626 g/mol. The van der Waals surface area contributed by atoms with Gasteiger partial charge in [0.05, 0.1) is 12.2 Å². The summed E-state index contributed by atoms with van der Waals surface area (Å²) in [6.07, 6.45) is 12.8. The largest absolute Gasteiger partial charge is 0.381 e. The van der Waals surface area contributed by atoms with Crippen molar-refractivity contribution in [1.82, 2.24) is 36.1 Å². The fraction of sp³-hybridized carbons (Fsp3) is 0.750. The van der Waals surface area contributed by atoms with Gasteiger partial charge in [-0.2, -0.15) is 0 Å². The molecule has 1 aliphatic heterocycles. The van der Waals surface area contributed by atoms with Crippen LogP contribution in [-0.4, -0.2) is 92.4 Å². The topological polar surface area (TPSA) is 183 Å². The maximum atomic E-state index is 14.6. The van der Waals surface area contributed by atoms with Crippen LogP contribution < -0.4 is 21.3 Å². The van der Waals surface area contributed by atoms with Gasteiger partial charge in [-0.25, -0.2) is 4.98 Å². The van der Waals surface area contributed by atoms with Crippen LogP contribution in [0, 0.1) is 23.2 Å². The van der Waals surface area contributed by atoms with Crippen LogP contribution in [0.2, 0.25) is 0 Å². The molecule has 0 unspecified atom stereocenters. The third-order valence-corrected chi connectivity index (χ3v) is 10.8. The number of carbonyl (C=O) groups is 5. The quantitative estimate of drug-likeness (QED) is 0.210. The van der Waals surface area contributed by atoms with Gasteiger partial charge in [0.2, 0.25) is 17.7 Å². The van der Waals surface area contributed by atoms with Crippen LogP contribution in [0.25, 0.3) is 0 Å². The molecule has 5 amide bonds. The Morgan fingerprint density at radius 3 is 2.29 bits per heavy atom. The van der Waals surface area contributed by atoms with Gasteiger partial charge < -0.3 is 31.3 Å². The van der Waals surface area contributed by atoms with Crippen molar-refractivity contribution in [1.29, 1.82) is 0 Å². The van der Waals surface area contributed by atoms with Gasteiger partial charge in [-0.15, -0.1) is 0 Å². The molecule has 2 heterocycles. The second-order valence-electron chi connectivity index (χ2n) is 15.7. The van der Waals surface area contributed by atoms with E-state index >= 15 is 0 Å². The molecule has 0 bridgehead atoms. The minimum Gasteiger partial charge on any atom is -0.381 e. The van der Waals surface area contributed by atoms with Gasteiger partial charge in [0.25, 0.3) is 11.8 Å². The van der Waals surface area contributed by atoms with E-state index in [4.69, 9.17) is 0 Å². The molecule has 0 aromatic carbocycles. The molecule has 1 aromatic heterocycles. The number of hydrogen-bond acceptors (Lipinski definition) is 8. The second-order valence-corrected chi connectivity index (χ2v) is 15.7. The van der Waals surface area contributed by atoms with Crippen molar-refractivity contribution in [2.24, 2.45) is 23.2 Å². The minimum atomic E-state index is -1.40. The van der Waals surface area contributed by atoms with Crippen LogP contribution in [0.15, 0.2) is 18.6 Å². The lowest BCUT2D eigenvalue weighted by molar-refractivity contribution is -0.146. The number of nitrogens with one attached hydrogen (secondary N) is 4. The van der Waals surface area contributed by atoms with E-state index in [2.05, 4.69) is 31.2 Å². The third kappa shape index (κ3) is 8.95. The number of rotatable bonds is 13. The molecule has 49 heavy (non-hydrogen) atoms. The number of likely N-dealkylation sites (tertiary alicyclic amines) is 1. The molecule has 5 N–H and O–H groups in total. The average molecular weight is 682 g/mol. The van der Waals surface area contributed by atoms with Gasteiger partial charge in [-0.3, -0.25) is 29.0 Å². The summed E-state index contributed by atoms with van der Waals surface area (Å²) in [5, 5.41) is 22.6. The Hall–Kier alpha value is -3.61. The lowest BCUT2D eigenvalue weighted by Gasteiger charge is -2.38. The number of aromatic nitrogens is 2. The maximum Gasteiger partial charge on any atom is 0.272 e. The summed E-state index contributed by atoms with van der Waals surface area (Å²) in [6.45, 7) is 7.95. The highest BCUT2D eigenvalue weighted by Gasteiger charge is 2.52. The van der Waals surface area contributed by atoms with Crippen molar-refractivity contribution in [2.75, 3.05) is 6.54 Å². The monoisotopic (exact) mass is 681 g/mol. The van der Waals surface area contributed by atoms with E-state index in [1.54, 1.807) is 4.90 Å². The van der Waals surface area contributed by atoms with Crippen LogP contribution >= 0.6 is 0 Å². The van der Waals surface area contributed by atoms with Crippen molar-refractivity contribution in [2.45, 2.75) is 141 Å². The first kappa shape index (κ1) is 36.7. The van der Waals surface area contributed by atoms with Crippen molar-refractivity contribution in [3.8, 4) is 0 Å². The molecule has 5 rings (SSSR count). The molecule has 4 fully saturated rings. The summed E-state index contributed by atoms with van der Waals surface area (Å²) in [5.74, 6) is -2.18. The molecular formula is C36H55N7O6. The van der Waals surface area contributed by atoms with Crippen LogP contribution in [0.5, 0.6) is 0 Å². The first-order valence-electron chi connectivity index (χ1n) is 18.4. The SMILES string of the molecule is CCC[C@@H](NC(=O)[C@@H]1[C@H]2CCC[C@H]2CN1C(=O)[C@@H](NC(=O)[C@@H](NC(=O)c1cnccn1)C1CCCCC1)C(C)(C)C)[C@H](O)C(=O)NC1CC1. The number of aliphatic hydroxyl groups excluding tert-OH is 1. The Morgan fingerprint density at radius 1 is 0.918 bits per heavy atom. The Morgan fingerprint density at radius 2 is 1.65 bits per heavy atom. The highest BCUT2D eigenvalue weighted by Crippen LogP contribution is 2.43. The van der Waals surface area contributed by atoms with E-state index in [0.29, 0.717) is 19.4 Å². The zero-order valence-electron chi connectivity index (χ0n) is 29.5. The fourth-order valence-electron chi connectivity index (χ4n) is 8.00. The van der Waals surface area contributed by atoms with Crippen LogP contribution in [0.3, 0.4) is 0 Å². The minimum absolute atomic E-state index is 0.0544. The molecule has 13 heteroatoms. The highest BCUT2D eigenvalue weighted by atomic mass is 16.3. The Labute approximate surface area is 289 Å².